The van der Waals surface area contributed by atoms with E-state index in [2.05, 4.69) is 49.3 Å². The quantitative estimate of drug-likeness (QED) is 0.806. The fraction of sp³-hybridized carbons (Fsp3) is 0.400. The van der Waals surface area contributed by atoms with Crippen molar-refractivity contribution in [1.29, 1.82) is 0 Å². The first kappa shape index (κ1) is 11.5. The third-order valence-corrected chi connectivity index (χ3v) is 3.63. The van der Waals surface area contributed by atoms with Crippen molar-refractivity contribution < 1.29 is 0 Å². The summed E-state index contributed by atoms with van der Waals surface area (Å²) in [5.41, 5.74) is 6.24. The summed E-state index contributed by atoms with van der Waals surface area (Å²) in [5.74, 6) is 1.01. The number of nitrogens with one attached hydrogen (secondary N) is 2. The van der Waals surface area contributed by atoms with Crippen molar-refractivity contribution in [2.24, 2.45) is 0 Å². The average Bonchev–Trinajstić information content (AvgIpc) is 2.71. The highest BCUT2D eigenvalue weighted by atomic mass is 15.0. The fourth-order valence-electron chi connectivity index (χ4n) is 2.61. The van der Waals surface area contributed by atoms with E-state index in [0.717, 1.165) is 18.8 Å². The summed E-state index contributed by atoms with van der Waals surface area (Å²) < 4.78 is 0. The summed E-state index contributed by atoms with van der Waals surface area (Å²) in [5, 5.41) is 3.46. The number of H-pyrrole nitrogens is 1. The number of aromatic nitrogens is 2. The molecule has 94 valence electrons. The molecule has 1 aliphatic rings. The number of aryl methyl sites for hydroxylation is 2. The van der Waals surface area contributed by atoms with Crippen molar-refractivity contribution >= 4 is 0 Å². The van der Waals surface area contributed by atoms with Gasteiger partial charge in [0, 0.05) is 24.6 Å². The first-order valence-corrected chi connectivity index (χ1v) is 6.52. The predicted molar refractivity (Wildman–Crippen MR) is 73.5 cm³/mol. The maximum atomic E-state index is 4.77. The van der Waals surface area contributed by atoms with Gasteiger partial charge in [0.25, 0.3) is 0 Å². The van der Waals surface area contributed by atoms with E-state index in [1.165, 1.54) is 28.1 Å². The van der Waals surface area contributed by atoms with Gasteiger partial charge in [0.1, 0.15) is 5.82 Å². The van der Waals surface area contributed by atoms with E-state index < -0.39 is 0 Å². The van der Waals surface area contributed by atoms with Crippen LogP contribution in [0.1, 0.15) is 29.4 Å². The molecule has 1 atom stereocenters. The zero-order valence-electron chi connectivity index (χ0n) is 11.2. The monoisotopic (exact) mass is 241 g/mol. The molecule has 0 aliphatic carbocycles. The molecule has 0 fully saturated rings. The summed E-state index contributed by atoms with van der Waals surface area (Å²) in [6.45, 7) is 7.36. The van der Waals surface area contributed by atoms with Crippen LogP contribution in [0.5, 0.6) is 0 Å². The number of aromatic amines is 1. The van der Waals surface area contributed by atoms with Gasteiger partial charge in [-0.1, -0.05) is 23.8 Å². The highest BCUT2D eigenvalue weighted by Gasteiger charge is 2.19. The highest BCUT2D eigenvalue weighted by Crippen LogP contribution is 2.24. The van der Waals surface area contributed by atoms with Crippen LogP contribution in [-0.4, -0.2) is 16.0 Å². The normalized spacial score (nSPS) is 18.7. The number of fused-ring (bicyclic) bond motifs is 1. The minimum absolute atomic E-state index is 0.521. The second-order valence-corrected chi connectivity index (χ2v) is 5.32. The molecule has 3 nitrogen and oxygen atoms in total. The number of hydrogen-bond acceptors (Lipinski definition) is 2. The lowest BCUT2D eigenvalue weighted by Gasteiger charge is -2.18. The number of nitrogens with zero attached hydrogens (tertiary/aromatic N) is 1. The van der Waals surface area contributed by atoms with Crippen LogP contribution in [0.4, 0.5) is 0 Å². The molecule has 3 rings (SSSR count). The summed E-state index contributed by atoms with van der Waals surface area (Å²) in [7, 11) is 0. The zero-order valence-corrected chi connectivity index (χ0v) is 11.2. The largest absolute Gasteiger partial charge is 0.341 e. The fourth-order valence-corrected chi connectivity index (χ4v) is 2.61. The third-order valence-electron chi connectivity index (χ3n) is 3.63. The molecule has 0 saturated carbocycles. The van der Waals surface area contributed by atoms with Gasteiger partial charge < -0.3 is 10.3 Å². The van der Waals surface area contributed by atoms with Crippen LogP contribution in [0.15, 0.2) is 18.2 Å². The van der Waals surface area contributed by atoms with Crippen LogP contribution >= 0.6 is 0 Å². The van der Waals surface area contributed by atoms with Gasteiger partial charge in [-0.25, -0.2) is 4.98 Å². The molecule has 18 heavy (non-hydrogen) atoms. The van der Waals surface area contributed by atoms with Gasteiger partial charge in [-0.15, -0.1) is 0 Å². The molecule has 1 aliphatic heterocycles. The molecule has 0 radical (unpaired) electrons. The van der Waals surface area contributed by atoms with Gasteiger partial charge in [-0.05, 0) is 26.3 Å². The minimum atomic E-state index is 0.521. The molecule has 0 bridgehead atoms. The Labute approximate surface area is 108 Å². The van der Waals surface area contributed by atoms with Crippen LogP contribution in [0.25, 0.3) is 11.4 Å². The number of benzene rings is 1. The van der Waals surface area contributed by atoms with Crippen molar-refractivity contribution in [1.82, 2.24) is 15.3 Å². The van der Waals surface area contributed by atoms with Gasteiger partial charge in [0.2, 0.25) is 0 Å². The number of hydrogen-bond donors (Lipinski definition) is 2. The van der Waals surface area contributed by atoms with E-state index in [-0.39, 0.29) is 0 Å². The molecule has 1 aromatic carbocycles. The van der Waals surface area contributed by atoms with Crippen LogP contribution in [0, 0.1) is 13.8 Å². The molecule has 3 heteroatoms. The molecule has 1 unspecified atom stereocenters. The first-order chi connectivity index (χ1) is 8.63. The summed E-state index contributed by atoms with van der Waals surface area (Å²) in [4.78, 5) is 8.22. The predicted octanol–water partition coefficient (Wildman–Crippen LogP) is 2.73. The Morgan fingerprint density at radius 2 is 2.11 bits per heavy atom. The Bertz CT molecular complexity index is 583. The second-order valence-electron chi connectivity index (χ2n) is 5.32. The van der Waals surface area contributed by atoms with Gasteiger partial charge >= 0.3 is 0 Å². The minimum Gasteiger partial charge on any atom is -0.341 e. The second kappa shape index (κ2) is 4.25. The van der Waals surface area contributed by atoms with Crippen molar-refractivity contribution in [3.63, 3.8) is 0 Å². The van der Waals surface area contributed by atoms with E-state index in [9.17, 15) is 0 Å². The third kappa shape index (κ3) is 1.95. The standard InChI is InChI=1S/C15H19N3/c1-9-4-5-12(10(2)6-9)15-17-13-7-11(3)16-8-14(13)18-15/h4-6,11,16H,7-8H2,1-3H3,(H,17,18). The summed E-state index contributed by atoms with van der Waals surface area (Å²) in [6, 6.07) is 7.03. The molecular weight excluding hydrogens is 222 g/mol. The van der Waals surface area contributed by atoms with Crippen LogP contribution < -0.4 is 5.32 Å². The molecule has 0 saturated heterocycles. The number of rotatable bonds is 1. The topological polar surface area (TPSA) is 40.7 Å². The van der Waals surface area contributed by atoms with E-state index in [1.807, 2.05) is 0 Å². The summed E-state index contributed by atoms with van der Waals surface area (Å²) in [6.07, 6.45) is 1.01. The molecule has 0 amide bonds. The average molecular weight is 241 g/mol. The van der Waals surface area contributed by atoms with Crippen LogP contribution in [0.2, 0.25) is 0 Å². The first-order valence-electron chi connectivity index (χ1n) is 6.52. The van der Waals surface area contributed by atoms with E-state index in [4.69, 9.17) is 4.98 Å². The maximum Gasteiger partial charge on any atom is 0.138 e. The Morgan fingerprint density at radius 1 is 1.28 bits per heavy atom. The van der Waals surface area contributed by atoms with E-state index >= 15 is 0 Å². The molecule has 1 aromatic heterocycles. The molecule has 0 spiro atoms. The highest BCUT2D eigenvalue weighted by molar-refractivity contribution is 5.61. The Kier molecular flexibility index (Phi) is 2.71. The molecule has 2 heterocycles. The Hall–Kier alpha value is -1.61. The SMILES string of the molecule is Cc1ccc(-c2nc3c([nH]2)CNC(C)C3)c(C)c1. The van der Waals surface area contributed by atoms with Crippen LogP contribution in [-0.2, 0) is 13.0 Å². The maximum absolute atomic E-state index is 4.77. The van der Waals surface area contributed by atoms with Crippen molar-refractivity contribution in [3.05, 3.63) is 40.7 Å². The smallest absolute Gasteiger partial charge is 0.138 e. The lowest BCUT2D eigenvalue weighted by atomic mass is 10.1. The van der Waals surface area contributed by atoms with Crippen molar-refractivity contribution in [2.45, 2.75) is 39.8 Å². The van der Waals surface area contributed by atoms with Crippen molar-refractivity contribution in [2.75, 3.05) is 0 Å². The number of imidazole rings is 1. The molecular formula is C15H19N3. The Morgan fingerprint density at radius 3 is 2.89 bits per heavy atom. The van der Waals surface area contributed by atoms with Crippen LogP contribution in [0.3, 0.4) is 0 Å². The van der Waals surface area contributed by atoms with Gasteiger partial charge in [0.15, 0.2) is 0 Å². The van der Waals surface area contributed by atoms with E-state index in [1.54, 1.807) is 0 Å². The Balaban J connectivity index is 2.02. The van der Waals surface area contributed by atoms with Crippen molar-refractivity contribution in [3.8, 4) is 11.4 Å². The molecule has 2 N–H and O–H groups in total. The summed E-state index contributed by atoms with van der Waals surface area (Å²) >= 11 is 0. The van der Waals surface area contributed by atoms with E-state index in [0.29, 0.717) is 6.04 Å². The zero-order chi connectivity index (χ0) is 12.7. The lowest BCUT2D eigenvalue weighted by molar-refractivity contribution is 0.503. The molecule has 2 aromatic rings. The van der Waals surface area contributed by atoms with Gasteiger partial charge in [-0.2, -0.15) is 0 Å². The van der Waals surface area contributed by atoms with Gasteiger partial charge in [0.05, 0.1) is 11.4 Å². The van der Waals surface area contributed by atoms with Gasteiger partial charge in [-0.3, -0.25) is 0 Å². The lowest BCUT2D eigenvalue weighted by Crippen LogP contribution is -2.32.